The van der Waals surface area contributed by atoms with Crippen LogP contribution in [0.5, 0.6) is 11.5 Å². The summed E-state index contributed by atoms with van der Waals surface area (Å²) in [5.74, 6) is 1.35. The molecule has 12 nitrogen and oxygen atoms in total. The molecule has 1 aliphatic rings. The lowest BCUT2D eigenvalue weighted by Crippen LogP contribution is -2.39. The van der Waals surface area contributed by atoms with Gasteiger partial charge in [0.05, 0.1) is 51.6 Å². The van der Waals surface area contributed by atoms with Gasteiger partial charge in [-0.3, -0.25) is 14.3 Å². The molecule has 0 saturated carbocycles. The molecule has 14 heteroatoms. The Kier molecular flexibility index (Phi) is 14.2. The molecule has 4 aromatic rings. The van der Waals surface area contributed by atoms with Crippen molar-refractivity contribution in [1.82, 2.24) is 14.2 Å². The minimum atomic E-state index is -1.73. The van der Waals surface area contributed by atoms with Crippen LogP contribution in [0, 0.1) is 11.3 Å². The van der Waals surface area contributed by atoms with Gasteiger partial charge in [-0.25, -0.2) is 13.9 Å². The summed E-state index contributed by atoms with van der Waals surface area (Å²) in [6, 6.07) is 27.3. The molecule has 0 spiro atoms. The highest BCUT2D eigenvalue weighted by atomic mass is 31.2. The molecule has 0 amide bonds. The van der Waals surface area contributed by atoms with Crippen LogP contribution >= 0.6 is 8.53 Å². The molecule has 0 radical (unpaired) electrons. The molecule has 1 saturated heterocycles. The molecule has 0 bridgehead atoms. The third-order valence-corrected chi connectivity index (χ3v) is 11.4. The van der Waals surface area contributed by atoms with Crippen molar-refractivity contribution in [3.8, 4) is 17.6 Å². The predicted octanol–water partition coefficient (Wildman–Crippen LogP) is 6.98. The highest BCUT2D eigenvalue weighted by Gasteiger charge is 2.45. The molecular formula is C40H48FN4O8P. The zero-order valence-electron chi connectivity index (χ0n) is 31.4. The first-order valence-electron chi connectivity index (χ1n) is 17.9. The number of methoxy groups -OCH3 is 2. The van der Waals surface area contributed by atoms with E-state index in [1.54, 1.807) is 14.2 Å². The fraction of sp³-hybridized carbons (Fsp3) is 0.425. The number of nitrogens with zero attached hydrogens (tertiary/aromatic N) is 3. The zero-order chi connectivity index (χ0) is 38.8. The Morgan fingerprint density at radius 3 is 2.04 bits per heavy atom. The predicted molar refractivity (Wildman–Crippen MR) is 203 cm³/mol. The molecule has 54 heavy (non-hydrogen) atoms. The van der Waals surface area contributed by atoms with Crippen LogP contribution in [0.25, 0.3) is 0 Å². The topological polar surface area (TPSA) is 137 Å². The summed E-state index contributed by atoms with van der Waals surface area (Å²) in [6.45, 7) is 7.21. The lowest BCUT2D eigenvalue weighted by atomic mass is 9.80. The second kappa shape index (κ2) is 18.8. The van der Waals surface area contributed by atoms with E-state index in [1.807, 2.05) is 107 Å². The monoisotopic (exact) mass is 762 g/mol. The smallest absolute Gasteiger partial charge is 0.330 e. The number of aromatic amines is 1. The standard InChI is InChI=1S/C40H48FN4O8P/c1-27(2)45(28(3)4)54(51-22-10-21-42)53-35-23-37(44-25-29(24-41)38(46)43-39(44)47)52-36(35)26-50-40(30-11-8-7-9-12-30,31-13-17-33(48-5)18-14-31)32-15-19-34(49-6)20-16-32/h7-9,11-20,25,27-28,35-37H,10,22-24,26H2,1-6H3,(H,43,46,47)/t35-,36+,37+,54?/m0/s1. The van der Waals surface area contributed by atoms with Gasteiger partial charge in [-0.1, -0.05) is 54.6 Å². The summed E-state index contributed by atoms with van der Waals surface area (Å²) in [5, 5.41) is 9.29. The number of ether oxygens (including phenoxy) is 4. The van der Waals surface area contributed by atoms with E-state index >= 15 is 0 Å². The zero-order valence-corrected chi connectivity index (χ0v) is 32.3. The minimum absolute atomic E-state index is 0.0239. The Balaban J connectivity index is 1.61. The van der Waals surface area contributed by atoms with E-state index in [1.165, 1.54) is 10.8 Å². The number of benzene rings is 3. The summed E-state index contributed by atoms with van der Waals surface area (Å²) in [7, 11) is 1.48. The minimum Gasteiger partial charge on any atom is -0.497 e. The quantitative estimate of drug-likeness (QED) is 0.0642. The van der Waals surface area contributed by atoms with E-state index in [-0.39, 0.29) is 43.7 Å². The Hall–Kier alpha value is -4.41. The van der Waals surface area contributed by atoms with E-state index in [0.717, 1.165) is 16.7 Å². The van der Waals surface area contributed by atoms with Crippen molar-refractivity contribution in [2.45, 2.75) is 83.3 Å². The van der Waals surface area contributed by atoms with E-state index in [4.69, 9.17) is 28.0 Å². The number of hydrogen-bond acceptors (Lipinski definition) is 10. The van der Waals surface area contributed by atoms with Crippen molar-refractivity contribution in [1.29, 1.82) is 5.26 Å². The summed E-state index contributed by atoms with van der Waals surface area (Å²) in [6.07, 6.45) is -0.905. The van der Waals surface area contributed by atoms with Crippen molar-refractivity contribution in [3.63, 3.8) is 0 Å². The first-order valence-corrected chi connectivity index (χ1v) is 19.0. The van der Waals surface area contributed by atoms with Gasteiger partial charge in [0.1, 0.15) is 36.1 Å². The second-order valence-corrected chi connectivity index (χ2v) is 14.7. The highest BCUT2D eigenvalue weighted by molar-refractivity contribution is 7.44. The highest BCUT2D eigenvalue weighted by Crippen LogP contribution is 2.50. The fourth-order valence-corrected chi connectivity index (χ4v) is 8.42. The maximum Gasteiger partial charge on any atom is 0.330 e. The lowest BCUT2D eigenvalue weighted by molar-refractivity contribution is -0.0926. The van der Waals surface area contributed by atoms with Gasteiger partial charge in [-0.15, -0.1) is 0 Å². The van der Waals surface area contributed by atoms with Gasteiger partial charge in [0.2, 0.25) is 0 Å². The number of aromatic nitrogens is 2. The number of alkyl halides is 1. The van der Waals surface area contributed by atoms with Crippen molar-refractivity contribution in [2.24, 2.45) is 0 Å². The van der Waals surface area contributed by atoms with Crippen LogP contribution in [0.1, 0.15) is 69.0 Å². The maximum atomic E-state index is 13.8. The van der Waals surface area contributed by atoms with Gasteiger partial charge < -0.3 is 28.0 Å². The number of nitrogens with one attached hydrogen (secondary N) is 1. The average Bonchev–Trinajstić information content (AvgIpc) is 3.57. The average molecular weight is 763 g/mol. The number of hydrogen-bond donors (Lipinski definition) is 1. The van der Waals surface area contributed by atoms with Crippen LogP contribution in [0.2, 0.25) is 0 Å². The molecule has 5 rings (SSSR count). The summed E-state index contributed by atoms with van der Waals surface area (Å²) in [5.41, 5.74) is -0.466. The Morgan fingerprint density at radius 1 is 0.944 bits per heavy atom. The number of H-pyrrole nitrogens is 1. The SMILES string of the molecule is COc1ccc(C(OC[C@H]2O[C@@H](n3cc(CF)c(=O)[nH]c3=O)C[C@@H]2OP(OCCC#N)N(C(C)C)C(C)C)(c2ccccc2)c2ccc(OC)cc2)cc1. The maximum absolute atomic E-state index is 13.8. The fourth-order valence-electron chi connectivity index (χ4n) is 6.66. The molecule has 1 unspecified atom stereocenters. The number of rotatable bonds is 18. The molecule has 4 atom stereocenters. The van der Waals surface area contributed by atoms with Gasteiger partial charge in [0, 0.05) is 24.7 Å². The first kappa shape index (κ1) is 40.8. The lowest BCUT2D eigenvalue weighted by Gasteiger charge is -2.39. The number of nitriles is 1. The number of halogens is 1. The third-order valence-electron chi connectivity index (χ3n) is 9.20. The van der Waals surface area contributed by atoms with E-state index in [9.17, 15) is 19.2 Å². The van der Waals surface area contributed by atoms with Crippen LogP contribution < -0.4 is 20.7 Å². The van der Waals surface area contributed by atoms with E-state index in [2.05, 4.69) is 15.7 Å². The van der Waals surface area contributed by atoms with Gasteiger partial charge in [0.15, 0.2) is 0 Å². The van der Waals surface area contributed by atoms with Crippen molar-refractivity contribution >= 4 is 8.53 Å². The Morgan fingerprint density at radius 2 is 1.52 bits per heavy atom. The third kappa shape index (κ3) is 9.09. The van der Waals surface area contributed by atoms with Crippen LogP contribution in [-0.4, -0.2) is 65.9 Å². The van der Waals surface area contributed by atoms with Gasteiger partial charge >= 0.3 is 5.69 Å². The molecule has 1 aromatic heterocycles. The molecule has 1 N–H and O–H groups in total. The van der Waals surface area contributed by atoms with Crippen molar-refractivity contribution < 1.29 is 32.4 Å². The first-order chi connectivity index (χ1) is 26.1. The summed E-state index contributed by atoms with van der Waals surface area (Å²) >= 11 is 0. The van der Waals surface area contributed by atoms with Gasteiger partial charge in [-0.2, -0.15) is 5.26 Å². The molecule has 3 aromatic carbocycles. The van der Waals surface area contributed by atoms with Crippen LogP contribution in [0.3, 0.4) is 0 Å². The van der Waals surface area contributed by atoms with Gasteiger partial charge in [0.25, 0.3) is 14.1 Å². The van der Waals surface area contributed by atoms with Crippen molar-refractivity contribution in [3.05, 3.63) is 128 Å². The van der Waals surface area contributed by atoms with Crippen LogP contribution in [0.4, 0.5) is 4.39 Å². The van der Waals surface area contributed by atoms with Gasteiger partial charge in [-0.05, 0) is 68.7 Å². The molecule has 288 valence electrons. The molecule has 1 fully saturated rings. The molecular weight excluding hydrogens is 714 g/mol. The molecule has 1 aliphatic heterocycles. The van der Waals surface area contributed by atoms with E-state index in [0.29, 0.717) is 11.5 Å². The van der Waals surface area contributed by atoms with Crippen LogP contribution in [-0.2, 0) is 30.8 Å². The normalized spacial score (nSPS) is 17.9. The summed E-state index contributed by atoms with van der Waals surface area (Å²) < 4.78 is 55.0. The molecule has 2 heterocycles. The van der Waals surface area contributed by atoms with Crippen molar-refractivity contribution in [2.75, 3.05) is 27.4 Å². The Labute approximate surface area is 316 Å². The second-order valence-electron chi connectivity index (χ2n) is 13.3. The Bertz CT molecular complexity index is 1890. The molecule has 0 aliphatic carbocycles. The van der Waals surface area contributed by atoms with E-state index < -0.39 is 50.5 Å². The summed E-state index contributed by atoms with van der Waals surface area (Å²) in [4.78, 5) is 27.6. The largest absolute Gasteiger partial charge is 0.497 e. The van der Waals surface area contributed by atoms with Crippen LogP contribution in [0.15, 0.2) is 94.6 Å².